The van der Waals surface area contributed by atoms with Crippen LogP contribution in [-0.2, 0) is 5.54 Å². The molecule has 154 valence electrons. The summed E-state index contributed by atoms with van der Waals surface area (Å²) in [6, 6.07) is 36.3. The average Bonchev–Trinajstić information content (AvgIpc) is 3.19. The van der Waals surface area contributed by atoms with Gasteiger partial charge in [-0.2, -0.15) is 0 Å². The van der Waals surface area contributed by atoms with Crippen LogP contribution in [0.2, 0.25) is 0 Å². The molecule has 6 rings (SSSR count). The second-order valence-electron chi connectivity index (χ2n) is 8.52. The smallest absolute Gasteiger partial charge is 0.0634 e. The summed E-state index contributed by atoms with van der Waals surface area (Å²) in [5, 5.41) is 2.48. The van der Waals surface area contributed by atoms with E-state index in [0.29, 0.717) is 0 Å². The van der Waals surface area contributed by atoms with E-state index in [1.807, 2.05) is 6.07 Å². The van der Waals surface area contributed by atoms with E-state index in [1.54, 1.807) is 0 Å². The molecule has 1 aromatic heterocycles. The van der Waals surface area contributed by atoms with Crippen molar-refractivity contribution in [1.82, 2.24) is 4.57 Å². The number of aromatic nitrogens is 1. The molecule has 1 aliphatic rings. The lowest BCUT2D eigenvalue weighted by molar-refractivity contribution is 0.568. The van der Waals surface area contributed by atoms with Gasteiger partial charge >= 0.3 is 0 Å². The van der Waals surface area contributed by atoms with E-state index in [0.717, 1.165) is 12.0 Å². The van der Waals surface area contributed by atoms with Crippen molar-refractivity contribution in [3.63, 3.8) is 0 Å². The predicted octanol–water partition coefficient (Wildman–Crippen LogP) is 6.98. The zero-order valence-corrected chi connectivity index (χ0v) is 17.8. The summed E-state index contributed by atoms with van der Waals surface area (Å²) >= 11 is 0. The summed E-state index contributed by atoms with van der Waals surface area (Å²) < 4.78 is 2.34. The molecule has 0 saturated carbocycles. The fraction of sp³-hybridized carbons (Fsp3) is 0.0667. The molecule has 0 saturated heterocycles. The molecule has 5 aromatic rings. The highest BCUT2D eigenvalue weighted by atomic mass is 15.0. The molecule has 32 heavy (non-hydrogen) atoms. The molecule has 0 bridgehead atoms. The van der Waals surface area contributed by atoms with E-state index in [9.17, 15) is 0 Å². The highest BCUT2D eigenvalue weighted by molar-refractivity contribution is 6.09. The molecule has 0 spiro atoms. The van der Waals surface area contributed by atoms with Gasteiger partial charge in [0.1, 0.15) is 0 Å². The normalized spacial score (nSPS) is 18.2. The van der Waals surface area contributed by atoms with Gasteiger partial charge in [-0.25, -0.2) is 0 Å². The molecule has 4 aromatic carbocycles. The third-order valence-electron chi connectivity index (χ3n) is 6.55. The third kappa shape index (κ3) is 3.00. The van der Waals surface area contributed by atoms with E-state index in [4.69, 9.17) is 5.73 Å². The summed E-state index contributed by atoms with van der Waals surface area (Å²) in [4.78, 5) is 0. The van der Waals surface area contributed by atoms with Crippen molar-refractivity contribution in [3.8, 4) is 5.69 Å². The van der Waals surface area contributed by atoms with Crippen LogP contribution in [0.15, 0.2) is 121 Å². The van der Waals surface area contributed by atoms with Crippen LogP contribution in [0.5, 0.6) is 0 Å². The highest BCUT2D eigenvalue weighted by Crippen LogP contribution is 2.37. The quantitative estimate of drug-likeness (QED) is 0.340. The highest BCUT2D eigenvalue weighted by Gasteiger charge is 2.27. The Morgan fingerprint density at radius 1 is 0.688 bits per heavy atom. The van der Waals surface area contributed by atoms with Crippen LogP contribution in [0.3, 0.4) is 0 Å². The maximum absolute atomic E-state index is 6.94. The number of para-hydroxylation sites is 2. The van der Waals surface area contributed by atoms with Gasteiger partial charge in [-0.15, -0.1) is 0 Å². The van der Waals surface area contributed by atoms with E-state index < -0.39 is 5.54 Å². The van der Waals surface area contributed by atoms with Gasteiger partial charge in [0, 0.05) is 16.5 Å². The van der Waals surface area contributed by atoms with Crippen LogP contribution in [0.4, 0.5) is 0 Å². The third-order valence-corrected chi connectivity index (χ3v) is 6.55. The fourth-order valence-corrected chi connectivity index (χ4v) is 4.83. The van der Waals surface area contributed by atoms with Crippen molar-refractivity contribution >= 4 is 27.4 Å². The number of rotatable bonds is 3. The van der Waals surface area contributed by atoms with Crippen LogP contribution in [0, 0.1) is 0 Å². The number of fused-ring (bicyclic) bond motifs is 3. The Morgan fingerprint density at radius 2 is 1.38 bits per heavy atom. The van der Waals surface area contributed by atoms with Gasteiger partial charge in [0.05, 0.1) is 16.6 Å². The molecular formula is C30H24N2. The van der Waals surface area contributed by atoms with Crippen molar-refractivity contribution in [2.45, 2.75) is 12.0 Å². The second-order valence-corrected chi connectivity index (χ2v) is 8.52. The van der Waals surface area contributed by atoms with Crippen molar-refractivity contribution in [2.75, 3.05) is 0 Å². The molecule has 2 heteroatoms. The molecule has 0 aliphatic heterocycles. The lowest BCUT2D eigenvalue weighted by atomic mass is 9.81. The largest absolute Gasteiger partial charge is 0.318 e. The number of hydrogen-bond acceptors (Lipinski definition) is 1. The Labute approximate surface area is 187 Å². The number of benzene rings is 4. The van der Waals surface area contributed by atoms with Gasteiger partial charge in [-0.1, -0.05) is 91.0 Å². The summed E-state index contributed by atoms with van der Waals surface area (Å²) in [6.07, 6.45) is 7.35. The zero-order chi connectivity index (χ0) is 21.5. The number of allylic oxidation sites excluding steroid dienone is 2. The minimum absolute atomic E-state index is 0.511. The van der Waals surface area contributed by atoms with E-state index in [1.165, 1.54) is 38.6 Å². The topological polar surface area (TPSA) is 30.9 Å². The molecule has 0 fully saturated rings. The standard InChI is InChI=1S/C30H24N2/c31-30(19-17-23(18-20-30)22-9-3-1-4-10-22)24-15-16-29-27(21-24)26-13-7-8-14-28(26)32(29)25-11-5-2-6-12-25/h1-19,21H,20,31H2. The Hall–Kier alpha value is -3.88. The molecule has 1 heterocycles. The molecule has 1 atom stereocenters. The summed E-state index contributed by atoms with van der Waals surface area (Å²) in [5.74, 6) is 0. The van der Waals surface area contributed by atoms with Gasteiger partial charge in [-0.3, -0.25) is 0 Å². The summed E-state index contributed by atoms with van der Waals surface area (Å²) in [6.45, 7) is 0. The van der Waals surface area contributed by atoms with Gasteiger partial charge in [0.15, 0.2) is 0 Å². The minimum Gasteiger partial charge on any atom is -0.318 e. The van der Waals surface area contributed by atoms with Crippen molar-refractivity contribution in [3.05, 3.63) is 132 Å². The van der Waals surface area contributed by atoms with Crippen LogP contribution in [-0.4, -0.2) is 4.57 Å². The summed E-state index contributed by atoms with van der Waals surface area (Å²) in [5.41, 5.74) is 13.6. The van der Waals surface area contributed by atoms with E-state index in [2.05, 4.69) is 120 Å². The first-order valence-electron chi connectivity index (χ1n) is 11.1. The lowest BCUT2D eigenvalue weighted by Crippen LogP contribution is -2.35. The first-order valence-corrected chi connectivity index (χ1v) is 11.1. The second kappa shape index (κ2) is 7.37. The number of nitrogens with zero attached hydrogens (tertiary/aromatic N) is 1. The van der Waals surface area contributed by atoms with Crippen molar-refractivity contribution in [2.24, 2.45) is 5.73 Å². The SMILES string of the molecule is NC1(c2ccc3c(c2)c2ccccc2n3-c2ccccc2)C=CC(c2ccccc2)=CC1. The Morgan fingerprint density at radius 3 is 2.12 bits per heavy atom. The molecule has 0 amide bonds. The lowest BCUT2D eigenvalue weighted by Gasteiger charge is -2.29. The first kappa shape index (κ1) is 18.9. The molecule has 1 unspecified atom stereocenters. The van der Waals surface area contributed by atoms with Crippen LogP contribution < -0.4 is 5.73 Å². The Bertz CT molecular complexity index is 1490. The first-order chi connectivity index (χ1) is 15.7. The maximum atomic E-state index is 6.94. The summed E-state index contributed by atoms with van der Waals surface area (Å²) in [7, 11) is 0. The zero-order valence-electron chi connectivity index (χ0n) is 17.8. The molecular weight excluding hydrogens is 388 g/mol. The molecule has 2 nitrogen and oxygen atoms in total. The number of hydrogen-bond donors (Lipinski definition) is 1. The van der Waals surface area contributed by atoms with Gasteiger partial charge in [-0.05, 0) is 53.5 Å². The number of nitrogens with two attached hydrogens (primary N) is 1. The minimum atomic E-state index is -0.511. The van der Waals surface area contributed by atoms with Crippen LogP contribution in [0.1, 0.15) is 17.5 Å². The van der Waals surface area contributed by atoms with Crippen LogP contribution in [0.25, 0.3) is 33.1 Å². The van der Waals surface area contributed by atoms with Crippen molar-refractivity contribution < 1.29 is 0 Å². The van der Waals surface area contributed by atoms with E-state index in [-0.39, 0.29) is 0 Å². The predicted molar refractivity (Wildman–Crippen MR) is 135 cm³/mol. The Balaban J connectivity index is 1.47. The Kier molecular flexibility index (Phi) is 4.34. The van der Waals surface area contributed by atoms with E-state index >= 15 is 0 Å². The molecule has 1 aliphatic carbocycles. The van der Waals surface area contributed by atoms with Crippen molar-refractivity contribution in [1.29, 1.82) is 0 Å². The monoisotopic (exact) mass is 412 g/mol. The molecule has 0 radical (unpaired) electrons. The van der Waals surface area contributed by atoms with Gasteiger partial charge in [0.2, 0.25) is 0 Å². The molecule has 2 N–H and O–H groups in total. The average molecular weight is 413 g/mol. The van der Waals surface area contributed by atoms with Crippen LogP contribution >= 0.6 is 0 Å². The fourth-order valence-electron chi connectivity index (χ4n) is 4.83. The van der Waals surface area contributed by atoms with Gasteiger partial charge < -0.3 is 10.3 Å². The maximum Gasteiger partial charge on any atom is 0.0634 e. The van der Waals surface area contributed by atoms with Gasteiger partial charge in [0.25, 0.3) is 0 Å².